The molecule has 0 spiro atoms. The standard InChI is InChI=1S/C16H12Br2O2S/c1-21-11-7-8-13-12(9-11)14(19)16(17,18)15(20-13)10-5-3-2-4-6-10/h2-9,15H,1H3. The van der Waals surface area contributed by atoms with Crippen LogP contribution in [0.3, 0.4) is 0 Å². The molecule has 1 heterocycles. The van der Waals surface area contributed by atoms with Crippen molar-refractivity contribution in [1.29, 1.82) is 0 Å². The van der Waals surface area contributed by atoms with Crippen LogP contribution in [-0.2, 0) is 0 Å². The molecule has 0 aliphatic carbocycles. The summed E-state index contributed by atoms with van der Waals surface area (Å²) in [5.41, 5.74) is 1.54. The fourth-order valence-corrected chi connectivity index (χ4v) is 3.90. The van der Waals surface area contributed by atoms with E-state index in [0.717, 1.165) is 10.5 Å². The predicted octanol–water partition coefficient (Wildman–Crippen LogP) is 5.21. The van der Waals surface area contributed by atoms with Crippen LogP contribution in [0.15, 0.2) is 53.4 Å². The summed E-state index contributed by atoms with van der Waals surface area (Å²) in [4.78, 5) is 13.8. The number of carbonyl (C=O) groups excluding carboxylic acids is 1. The first-order chi connectivity index (χ1) is 10.0. The van der Waals surface area contributed by atoms with E-state index < -0.39 is 9.34 Å². The zero-order valence-electron chi connectivity index (χ0n) is 11.2. The molecule has 0 radical (unpaired) electrons. The number of Topliss-reactive ketones (excluding diaryl/α,β-unsaturated/α-hetero) is 1. The minimum atomic E-state index is -0.953. The summed E-state index contributed by atoms with van der Waals surface area (Å²) in [6, 6.07) is 15.4. The Labute approximate surface area is 144 Å². The predicted molar refractivity (Wildman–Crippen MR) is 92.9 cm³/mol. The third-order valence-electron chi connectivity index (χ3n) is 3.41. The lowest BCUT2D eigenvalue weighted by molar-refractivity contribution is 0.0849. The summed E-state index contributed by atoms with van der Waals surface area (Å²) in [5.74, 6) is 0.606. The van der Waals surface area contributed by atoms with E-state index in [2.05, 4.69) is 31.9 Å². The first-order valence-electron chi connectivity index (χ1n) is 6.36. The molecule has 2 aromatic rings. The first-order valence-corrected chi connectivity index (χ1v) is 9.17. The molecular formula is C16H12Br2O2S. The highest BCUT2D eigenvalue weighted by Gasteiger charge is 2.48. The number of ether oxygens (including phenoxy) is 1. The Hall–Kier alpha value is -0.780. The van der Waals surface area contributed by atoms with Crippen LogP contribution in [0, 0.1) is 0 Å². The van der Waals surface area contributed by atoms with Crippen LogP contribution in [0.1, 0.15) is 22.0 Å². The zero-order valence-corrected chi connectivity index (χ0v) is 15.2. The number of rotatable bonds is 2. The summed E-state index contributed by atoms with van der Waals surface area (Å²) < 4.78 is 5.13. The van der Waals surface area contributed by atoms with E-state index in [-0.39, 0.29) is 5.78 Å². The molecule has 1 unspecified atom stereocenters. The summed E-state index contributed by atoms with van der Waals surface area (Å²) in [5, 5.41) is 0. The normalized spacial score (nSPS) is 19.8. The molecule has 0 bridgehead atoms. The Morgan fingerprint density at radius 1 is 1.14 bits per heavy atom. The van der Waals surface area contributed by atoms with Crippen molar-refractivity contribution in [1.82, 2.24) is 0 Å². The summed E-state index contributed by atoms with van der Waals surface area (Å²) in [6.07, 6.45) is 1.57. The SMILES string of the molecule is CSc1ccc2c(c1)C(=O)C(Br)(Br)C(c1ccccc1)O2. The van der Waals surface area contributed by atoms with Crippen LogP contribution in [0.4, 0.5) is 0 Å². The van der Waals surface area contributed by atoms with Gasteiger partial charge >= 0.3 is 0 Å². The van der Waals surface area contributed by atoms with Gasteiger partial charge in [0.15, 0.2) is 15.1 Å². The van der Waals surface area contributed by atoms with E-state index in [4.69, 9.17) is 4.74 Å². The van der Waals surface area contributed by atoms with Gasteiger partial charge in [-0.25, -0.2) is 0 Å². The Balaban J connectivity index is 2.09. The second-order valence-corrected chi connectivity index (χ2v) is 9.17. The van der Waals surface area contributed by atoms with Gasteiger partial charge in [-0.05, 0) is 30.0 Å². The summed E-state index contributed by atoms with van der Waals surface area (Å²) in [7, 11) is 0. The fourth-order valence-electron chi connectivity index (χ4n) is 2.32. The van der Waals surface area contributed by atoms with Gasteiger partial charge in [-0.3, -0.25) is 4.79 Å². The summed E-state index contributed by atoms with van der Waals surface area (Å²) in [6.45, 7) is 0. The lowest BCUT2D eigenvalue weighted by Gasteiger charge is -2.35. The topological polar surface area (TPSA) is 26.3 Å². The molecule has 0 fully saturated rings. The van der Waals surface area contributed by atoms with Crippen LogP contribution in [0.5, 0.6) is 5.75 Å². The maximum Gasteiger partial charge on any atom is 0.198 e. The Bertz CT molecular complexity index is 686. The van der Waals surface area contributed by atoms with Crippen LogP contribution >= 0.6 is 43.6 Å². The van der Waals surface area contributed by atoms with E-state index in [9.17, 15) is 4.79 Å². The first kappa shape index (κ1) is 15.1. The highest BCUT2D eigenvalue weighted by Crippen LogP contribution is 2.50. The van der Waals surface area contributed by atoms with E-state index in [1.165, 1.54) is 0 Å². The fraction of sp³-hybridized carbons (Fsp3) is 0.188. The molecule has 108 valence electrons. The maximum atomic E-state index is 12.8. The molecule has 2 aromatic carbocycles. The minimum absolute atomic E-state index is 0.0199. The lowest BCUT2D eigenvalue weighted by Crippen LogP contribution is -2.40. The molecular weight excluding hydrogens is 416 g/mol. The van der Waals surface area contributed by atoms with Gasteiger partial charge in [0.1, 0.15) is 5.75 Å². The van der Waals surface area contributed by atoms with Crippen molar-refractivity contribution in [3.05, 3.63) is 59.7 Å². The van der Waals surface area contributed by atoms with Crippen LogP contribution in [0.25, 0.3) is 0 Å². The number of ketones is 1. The number of hydrogen-bond acceptors (Lipinski definition) is 3. The quantitative estimate of drug-likeness (QED) is 0.486. The molecule has 3 rings (SSSR count). The van der Waals surface area contributed by atoms with E-state index in [1.54, 1.807) is 11.8 Å². The zero-order chi connectivity index (χ0) is 15.0. The Morgan fingerprint density at radius 2 is 1.86 bits per heavy atom. The minimum Gasteiger partial charge on any atom is -0.482 e. The van der Waals surface area contributed by atoms with E-state index in [0.29, 0.717) is 11.3 Å². The third kappa shape index (κ3) is 2.67. The van der Waals surface area contributed by atoms with Gasteiger partial charge in [0.05, 0.1) is 5.56 Å². The number of halogens is 2. The van der Waals surface area contributed by atoms with Gasteiger partial charge in [-0.2, -0.15) is 0 Å². The number of fused-ring (bicyclic) bond motifs is 1. The molecule has 0 saturated carbocycles. The molecule has 2 nitrogen and oxygen atoms in total. The van der Waals surface area contributed by atoms with Crippen molar-refractivity contribution in [2.75, 3.05) is 6.26 Å². The van der Waals surface area contributed by atoms with Crippen molar-refractivity contribution in [2.24, 2.45) is 0 Å². The van der Waals surface area contributed by atoms with Gasteiger partial charge in [0, 0.05) is 4.90 Å². The second-order valence-electron chi connectivity index (χ2n) is 4.72. The van der Waals surface area contributed by atoms with Gasteiger partial charge in [0.25, 0.3) is 0 Å². The highest BCUT2D eigenvalue weighted by atomic mass is 79.9. The number of carbonyl (C=O) groups is 1. The Kier molecular flexibility index (Phi) is 4.17. The number of alkyl halides is 2. The number of hydrogen-bond donors (Lipinski definition) is 0. The monoisotopic (exact) mass is 426 g/mol. The van der Waals surface area contributed by atoms with Crippen LogP contribution in [0.2, 0.25) is 0 Å². The van der Waals surface area contributed by atoms with E-state index >= 15 is 0 Å². The van der Waals surface area contributed by atoms with Crippen molar-refractivity contribution in [3.8, 4) is 5.75 Å². The van der Waals surface area contributed by atoms with Crippen molar-refractivity contribution >= 4 is 49.4 Å². The molecule has 0 N–H and O–H groups in total. The average Bonchev–Trinajstić information content (AvgIpc) is 2.51. The smallest absolute Gasteiger partial charge is 0.198 e. The molecule has 0 amide bonds. The van der Waals surface area contributed by atoms with Crippen molar-refractivity contribution in [3.63, 3.8) is 0 Å². The van der Waals surface area contributed by atoms with Crippen LogP contribution < -0.4 is 4.74 Å². The van der Waals surface area contributed by atoms with Gasteiger partial charge in [-0.15, -0.1) is 11.8 Å². The van der Waals surface area contributed by atoms with E-state index in [1.807, 2.05) is 54.8 Å². The van der Waals surface area contributed by atoms with Crippen molar-refractivity contribution < 1.29 is 9.53 Å². The number of benzene rings is 2. The third-order valence-corrected chi connectivity index (χ3v) is 5.69. The van der Waals surface area contributed by atoms with Crippen molar-refractivity contribution in [2.45, 2.75) is 14.2 Å². The van der Waals surface area contributed by atoms with Gasteiger partial charge < -0.3 is 4.74 Å². The maximum absolute atomic E-state index is 12.8. The molecule has 1 aliphatic heterocycles. The van der Waals surface area contributed by atoms with Crippen LogP contribution in [-0.4, -0.2) is 15.3 Å². The molecule has 21 heavy (non-hydrogen) atoms. The van der Waals surface area contributed by atoms with Gasteiger partial charge in [0.2, 0.25) is 0 Å². The molecule has 0 saturated heterocycles. The average molecular weight is 428 g/mol. The number of thioether (sulfide) groups is 1. The molecule has 0 aromatic heterocycles. The lowest BCUT2D eigenvalue weighted by atomic mass is 9.96. The van der Waals surface area contributed by atoms with Gasteiger partial charge in [-0.1, -0.05) is 62.2 Å². The Morgan fingerprint density at radius 3 is 2.52 bits per heavy atom. The second kappa shape index (κ2) is 5.78. The largest absolute Gasteiger partial charge is 0.482 e. The molecule has 1 aliphatic rings. The molecule has 1 atom stereocenters. The summed E-state index contributed by atoms with van der Waals surface area (Å²) >= 11 is 8.63. The molecule has 5 heteroatoms. The highest BCUT2D eigenvalue weighted by molar-refractivity contribution is 9.26.